The fraction of sp³-hybridized carbons (Fsp3) is 0.357. The maximum atomic E-state index is 12.7. The summed E-state index contributed by atoms with van der Waals surface area (Å²) in [6.07, 6.45) is -2.75. The minimum absolute atomic E-state index is 0.0554. The molecule has 108 valence electrons. The van der Waals surface area contributed by atoms with Crippen LogP contribution in [0.4, 0.5) is 13.2 Å². The number of aromatic nitrogens is 1. The quantitative estimate of drug-likeness (QED) is 0.932. The van der Waals surface area contributed by atoms with E-state index in [2.05, 4.69) is 0 Å². The largest absolute Gasteiger partial charge is 0.481 e. The van der Waals surface area contributed by atoms with Gasteiger partial charge in [-0.1, -0.05) is 13.0 Å². The highest BCUT2D eigenvalue weighted by Gasteiger charge is 2.31. The fourth-order valence-corrected chi connectivity index (χ4v) is 2.36. The highest BCUT2D eigenvalue weighted by atomic mass is 19.4. The zero-order valence-corrected chi connectivity index (χ0v) is 11.0. The van der Waals surface area contributed by atoms with Gasteiger partial charge in [0.1, 0.15) is 0 Å². The number of carboxylic acids is 1. The fourth-order valence-electron chi connectivity index (χ4n) is 2.36. The first-order valence-corrected chi connectivity index (χ1v) is 6.08. The molecule has 0 saturated carbocycles. The first-order valence-electron chi connectivity index (χ1n) is 6.08. The Kier molecular flexibility index (Phi) is 3.50. The predicted octanol–water partition coefficient (Wildman–Crippen LogP) is 3.78. The van der Waals surface area contributed by atoms with Crippen LogP contribution >= 0.6 is 0 Å². The van der Waals surface area contributed by atoms with Crippen LogP contribution in [0.25, 0.3) is 10.9 Å². The first-order chi connectivity index (χ1) is 9.20. The van der Waals surface area contributed by atoms with Crippen molar-refractivity contribution in [3.05, 3.63) is 35.5 Å². The Balaban J connectivity index is 2.53. The number of rotatable bonds is 3. The van der Waals surface area contributed by atoms with Gasteiger partial charge in [-0.25, -0.2) is 0 Å². The molecule has 3 nitrogen and oxygen atoms in total. The summed E-state index contributed by atoms with van der Waals surface area (Å²) in [5.41, 5.74) is 0.495. The molecule has 1 unspecified atom stereocenters. The lowest BCUT2D eigenvalue weighted by molar-refractivity contribution is -0.138. The minimum atomic E-state index is -4.38. The molecule has 0 spiro atoms. The van der Waals surface area contributed by atoms with E-state index in [0.29, 0.717) is 10.9 Å². The molecule has 1 N–H and O–H groups in total. The molecule has 20 heavy (non-hydrogen) atoms. The molecule has 0 fully saturated rings. The molecule has 0 radical (unpaired) electrons. The van der Waals surface area contributed by atoms with Crippen molar-refractivity contribution in [2.45, 2.75) is 25.4 Å². The van der Waals surface area contributed by atoms with Gasteiger partial charge in [0.2, 0.25) is 0 Å². The van der Waals surface area contributed by atoms with Crippen molar-refractivity contribution in [3.8, 4) is 0 Å². The van der Waals surface area contributed by atoms with E-state index in [4.69, 9.17) is 5.11 Å². The molecule has 0 aliphatic heterocycles. The standard InChI is InChI=1S/C14H14F3NO2/c1-8(5-13(19)20)11-7-18(2)12-6-9(14(15,16)17)3-4-10(11)12/h3-4,6-8H,5H2,1-2H3,(H,19,20). The zero-order valence-electron chi connectivity index (χ0n) is 11.0. The van der Waals surface area contributed by atoms with E-state index in [-0.39, 0.29) is 12.3 Å². The van der Waals surface area contributed by atoms with E-state index in [0.717, 1.165) is 17.7 Å². The number of fused-ring (bicyclic) bond motifs is 1. The van der Waals surface area contributed by atoms with Gasteiger partial charge in [-0.05, 0) is 23.6 Å². The number of aryl methyl sites for hydroxylation is 1. The molecule has 0 amide bonds. The molecular weight excluding hydrogens is 271 g/mol. The Bertz CT molecular complexity index is 658. The van der Waals surface area contributed by atoms with Crippen molar-refractivity contribution >= 4 is 16.9 Å². The molecule has 1 atom stereocenters. The average molecular weight is 285 g/mol. The third kappa shape index (κ3) is 2.64. The van der Waals surface area contributed by atoms with Gasteiger partial charge in [0.25, 0.3) is 0 Å². The minimum Gasteiger partial charge on any atom is -0.481 e. The van der Waals surface area contributed by atoms with Gasteiger partial charge in [-0.3, -0.25) is 4.79 Å². The van der Waals surface area contributed by atoms with Crippen LogP contribution in [0, 0.1) is 0 Å². The molecule has 2 aromatic rings. The van der Waals surface area contributed by atoms with Crippen molar-refractivity contribution in [1.29, 1.82) is 0 Å². The van der Waals surface area contributed by atoms with Crippen LogP contribution in [0.2, 0.25) is 0 Å². The molecule has 0 saturated heterocycles. The van der Waals surface area contributed by atoms with Crippen LogP contribution in [0.15, 0.2) is 24.4 Å². The van der Waals surface area contributed by atoms with Gasteiger partial charge in [0, 0.05) is 24.1 Å². The van der Waals surface area contributed by atoms with Crippen LogP contribution < -0.4 is 0 Å². The maximum Gasteiger partial charge on any atom is 0.416 e. The third-order valence-corrected chi connectivity index (χ3v) is 3.36. The lowest BCUT2D eigenvalue weighted by Gasteiger charge is -2.09. The predicted molar refractivity (Wildman–Crippen MR) is 68.6 cm³/mol. The molecule has 2 rings (SSSR count). The Labute approximate surface area is 113 Å². The van der Waals surface area contributed by atoms with Crippen molar-refractivity contribution in [3.63, 3.8) is 0 Å². The number of alkyl halides is 3. The maximum absolute atomic E-state index is 12.7. The summed E-state index contributed by atoms with van der Waals surface area (Å²) in [6.45, 7) is 1.75. The monoisotopic (exact) mass is 285 g/mol. The van der Waals surface area contributed by atoms with Crippen LogP contribution in [0.1, 0.15) is 30.4 Å². The summed E-state index contributed by atoms with van der Waals surface area (Å²) in [4.78, 5) is 10.8. The second-order valence-electron chi connectivity index (χ2n) is 4.92. The van der Waals surface area contributed by atoms with Gasteiger partial charge in [0.05, 0.1) is 12.0 Å². The number of nitrogens with zero attached hydrogens (tertiary/aromatic N) is 1. The first kappa shape index (κ1) is 14.4. The van der Waals surface area contributed by atoms with E-state index in [1.807, 2.05) is 0 Å². The van der Waals surface area contributed by atoms with E-state index >= 15 is 0 Å². The second kappa shape index (κ2) is 4.85. The molecule has 1 heterocycles. The van der Waals surface area contributed by atoms with Crippen molar-refractivity contribution < 1.29 is 23.1 Å². The van der Waals surface area contributed by atoms with Gasteiger partial charge < -0.3 is 9.67 Å². The zero-order chi connectivity index (χ0) is 15.1. The molecular formula is C14H14F3NO2. The molecule has 0 aliphatic carbocycles. The van der Waals surface area contributed by atoms with Gasteiger partial charge in [0.15, 0.2) is 0 Å². The lowest BCUT2D eigenvalue weighted by Crippen LogP contribution is -2.05. The Morgan fingerprint density at radius 1 is 1.40 bits per heavy atom. The number of carboxylic acid groups (broad SMARTS) is 1. The molecule has 1 aromatic carbocycles. The number of benzene rings is 1. The third-order valence-electron chi connectivity index (χ3n) is 3.36. The van der Waals surface area contributed by atoms with Crippen LogP contribution in [0.5, 0.6) is 0 Å². The van der Waals surface area contributed by atoms with E-state index in [1.165, 1.54) is 6.07 Å². The van der Waals surface area contributed by atoms with E-state index in [9.17, 15) is 18.0 Å². The van der Waals surface area contributed by atoms with Crippen LogP contribution in [-0.4, -0.2) is 15.6 Å². The lowest BCUT2D eigenvalue weighted by atomic mass is 9.97. The number of hydrogen-bond acceptors (Lipinski definition) is 1. The summed E-state index contributed by atoms with van der Waals surface area (Å²) in [5, 5.41) is 9.48. The normalized spacial score (nSPS) is 13.7. The highest BCUT2D eigenvalue weighted by Crippen LogP contribution is 2.35. The SMILES string of the molecule is CC(CC(=O)O)c1cn(C)c2cc(C(F)(F)F)ccc12. The average Bonchev–Trinajstić information content (AvgIpc) is 2.64. The summed E-state index contributed by atoms with van der Waals surface area (Å²) in [7, 11) is 1.65. The van der Waals surface area contributed by atoms with E-state index < -0.39 is 17.7 Å². The van der Waals surface area contributed by atoms with Gasteiger partial charge >= 0.3 is 12.1 Å². The number of halogens is 3. The molecule has 0 aliphatic rings. The summed E-state index contributed by atoms with van der Waals surface area (Å²) in [6, 6.07) is 3.53. The van der Waals surface area contributed by atoms with Crippen molar-refractivity contribution in [2.24, 2.45) is 7.05 Å². The molecule has 0 bridgehead atoms. The number of hydrogen-bond donors (Lipinski definition) is 1. The Hall–Kier alpha value is -1.98. The Morgan fingerprint density at radius 2 is 2.05 bits per heavy atom. The number of carbonyl (C=O) groups is 1. The van der Waals surface area contributed by atoms with Crippen molar-refractivity contribution in [2.75, 3.05) is 0 Å². The molecule has 6 heteroatoms. The Morgan fingerprint density at radius 3 is 2.60 bits per heavy atom. The highest BCUT2D eigenvalue weighted by molar-refractivity contribution is 5.86. The summed E-state index contributed by atoms with van der Waals surface area (Å²) >= 11 is 0. The summed E-state index contributed by atoms with van der Waals surface area (Å²) in [5.74, 6) is -1.19. The van der Waals surface area contributed by atoms with Gasteiger partial charge in [-0.2, -0.15) is 13.2 Å². The van der Waals surface area contributed by atoms with E-state index in [1.54, 1.807) is 24.7 Å². The van der Waals surface area contributed by atoms with Crippen LogP contribution in [-0.2, 0) is 18.0 Å². The van der Waals surface area contributed by atoms with Crippen LogP contribution in [0.3, 0.4) is 0 Å². The molecule has 1 aromatic heterocycles. The topological polar surface area (TPSA) is 42.2 Å². The van der Waals surface area contributed by atoms with Crippen molar-refractivity contribution in [1.82, 2.24) is 4.57 Å². The smallest absolute Gasteiger partial charge is 0.416 e. The van der Waals surface area contributed by atoms with Gasteiger partial charge in [-0.15, -0.1) is 0 Å². The number of aliphatic carboxylic acids is 1. The summed E-state index contributed by atoms with van der Waals surface area (Å²) < 4.78 is 39.7. The second-order valence-corrected chi connectivity index (χ2v) is 4.92.